The summed E-state index contributed by atoms with van der Waals surface area (Å²) in [5.74, 6) is 0.0184. The molecule has 2 heterocycles. The second kappa shape index (κ2) is 10.3. The molecule has 0 radical (unpaired) electrons. The highest BCUT2D eigenvalue weighted by molar-refractivity contribution is 7.89. The molecule has 0 spiro atoms. The maximum Gasteiger partial charge on any atom is 0.254 e. The van der Waals surface area contributed by atoms with Crippen molar-refractivity contribution in [1.29, 1.82) is 0 Å². The smallest absolute Gasteiger partial charge is 0.254 e. The number of carbonyl (C=O) groups is 1. The molecular weight excluding hydrogens is 448 g/mol. The van der Waals surface area contributed by atoms with E-state index in [1.807, 2.05) is 17.5 Å². The van der Waals surface area contributed by atoms with E-state index < -0.39 is 10.0 Å². The number of methoxy groups -OCH3 is 1. The van der Waals surface area contributed by atoms with Gasteiger partial charge in [-0.15, -0.1) is 11.3 Å². The zero-order chi connectivity index (χ0) is 22.6. The van der Waals surface area contributed by atoms with E-state index in [4.69, 9.17) is 9.47 Å². The molecule has 2 aliphatic rings. The van der Waals surface area contributed by atoms with Gasteiger partial charge in [0.25, 0.3) is 5.91 Å². The quantitative estimate of drug-likeness (QED) is 0.593. The van der Waals surface area contributed by atoms with E-state index in [-0.39, 0.29) is 28.7 Å². The number of nitrogens with one attached hydrogen (secondary N) is 1. The molecule has 4 rings (SSSR count). The third kappa shape index (κ3) is 5.51. The molecular formula is C23H30N2O5S2. The Morgan fingerprint density at radius 2 is 2.03 bits per heavy atom. The number of thiophene rings is 1. The summed E-state index contributed by atoms with van der Waals surface area (Å²) < 4.78 is 40.1. The molecule has 1 N–H and O–H groups in total. The SMILES string of the molecule is COc1ccc(C(=O)N(Cc2cccs2)CC2CCCO2)cc1S(=O)(=O)NC1CCCC1. The summed E-state index contributed by atoms with van der Waals surface area (Å²) in [5, 5.41) is 1.98. The largest absolute Gasteiger partial charge is 0.495 e. The van der Waals surface area contributed by atoms with Gasteiger partial charge in [-0.2, -0.15) is 0 Å². The van der Waals surface area contributed by atoms with Crippen molar-refractivity contribution in [1.82, 2.24) is 9.62 Å². The van der Waals surface area contributed by atoms with Crippen molar-refractivity contribution < 1.29 is 22.7 Å². The molecule has 1 aromatic carbocycles. The fraction of sp³-hybridized carbons (Fsp3) is 0.522. The molecule has 174 valence electrons. The Hall–Kier alpha value is -1.94. The average Bonchev–Trinajstić information content (AvgIpc) is 3.56. The lowest BCUT2D eigenvalue weighted by atomic mass is 10.1. The third-order valence-corrected chi connectivity index (χ3v) is 8.44. The van der Waals surface area contributed by atoms with E-state index in [9.17, 15) is 13.2 Å². The minimum Gasteiger partial charge on any atom is -0.495 e. The van der Waals surface area contributed by atoms with E-state index in [0.29, 0.717) is 25.3 Å². The summed E-state index contributed by atoms with van der Waals surface area (Å²) in [4.78, 5) is 16.3. The van der Waals surface area contributed by atoms with Gasteiger partial charge in [0, 0.05) is 29.6 Å². The Kier molecular flexibility index (Phi) is 7.50. The molecule has 1 atom stereocenters. The van der Waals surface area contributed by atoms with E-state index >= 15 is 0 Å². The van der Waals surface area contributed by atoms with Crippen LogP contribution >= 0.6 is 11.3 Å². The van der Waals surface area contributed by atoms with Gasteiger partial charge < -0.3 is 14.4 Å². The van der Waals surface area contributed by atoms with Crippen molar-refractivity contribution in [2.45, 2.75) is 62.1 Å². The number of sulfonamides is 1. The van der Waals surface area contributed by atoms with E-state index in [1.54, 1.807) is 28.4 Å². The number of hydrogen-bond donors (Lipinski definition) is 1. The van der Waals surface area contributed by atoms with Crippen molar-refractivity contribution in [3.8, 4) is 5.75 Å². The Labute approximate surface area is 193 Å². The summed E-state index contributed by atoms with van der Waals surface area (Å²) in [6, 6.07) is 8.52. The maximum atomic E-state index is 13.5. The zero-order valence-electron chi connectivity index (χ0n) is 18.3. The Morgan fingerprint density at radius 1 is 1.22 bits per heavy atom. The number of ether oxygens (including phenoxy) is 2. The highest BCUT2D eigenvalue weighted by Crippen LogP contribution is 2.28. The second-order valence-electron chi connectivity index (χ2n) is 8.37. The fourth-order valence-corrected chi connectivity index (χ4v) is 6.59. The standard InChI is InChI=1S/C23H30N2O5S2/c1-29-21-11-10-17(14-22(21)32(27,28)24-18-6-2-3-7-18)23(26)25(15-19-8-4-12-30-19)16-20-9-5-13-31-20/h5,9-11,13-14,18-19,24H,2-4,6-8,12,15-16H2,1H3. The second-order valence-corrected chi connectivity index (χ2v) is 11.1. The van der Waals surface area contributed by atoms with E-state index in [0.717, 1.165) is 43.4 Å². The summed E-state index contributed by atoms with van der Waals surface area (Å²) >= 11 is 1.59. The number of amides is 1. The first-order valence-electron chi connectivity index (χ1n) is 11.1. The molecule has 1 unspecified atom stereocenters. The predicted molar refractivity (Wildman–Crippen MR) is 124 cm³/mol. The van der Waals surface area contributed by atoms with Gasteiger partial charge in [0.05, 0.1) is 19.8 Å². The van der Waals surface area contributed by atoms with E-state index in [1.165, 1.54) is 13.2 Å². The average molecular weight is 479 g/mol. The maximum absolute atomic E-state index is 13.5. The monoisotopic (exact) mass is 478 g/mol. The predicted octanol–water partition coefficient (Wildman–Crippen LogP) is 3.80. The summed E-state index contributed by atoms with van der Waals surface area (Å²) in [6.07, 6.45) is 5.61. The van der Waals surface area contributed by atoms with Crippen LogP contribution in [0.15, 0.2) is 40.6 Å². The Morgan fingerprint density at radius 3 is 2.69 bits per heavy atom. The van der Waals surface area contributed by atoms with Crippen LogP contribution in [0.5, 0.6) is 5.75 Å². The van der Waals surface area contributed by atoms with Crippen LogP contribution in [-0.4, -0.2) is 51.6 Å². The number of nitrogens with zero attached hydrogens (tertiary/aromatic N) is 1. The minimum absolute atomic E-state index is 0.00407. The molecule has 0 bridgehead atoms. The molecule has 32 heavy (non-hydrogen) atoms. The Balaban J connectivity index is 1.60. The highest BCUT2D eigenvalue weighted by Gasteiger charge is 2.29. The van der Waals surface area contributed by atoms with Gasteiger partial charge in [-0.25, -0.2) is 13.1 Å². The minimum atomic E-state index is -3.81. The van der Waals surface area contributed by atoms with Gasteiger partial charge in [-0.1, -0.05) is 18.9 Å². The first-order valence-corrected chi connectivity index (χ1v) is 13.5. The highest BCUT2D eigenvalue weighted by atomic mass is 32.2. The van der Waals surface area contributed by atoms with Crippen LogP contribution in [0, 0.1) is 0 Å². The fourth-order valence-electron chi connectivity index (χ4n) is 4.37. The summed E-state index contributed by atoms with van der Waals surface area (Å²) in [6.45, 7) is 1.65. The van der Waals surface area contributed by atoms with Gasteiger partial charge in [-0.05, 0) is 55.3 Å². The first-order chi connectivity index (χ1) is 15.5. The number of rotatable bonds is 9. The lowest BCUT2D eigenvalue weighted by Gasteiger charge is -2.25. The van der Waals surface area contributed by atoms with Crippen LogP contribution in [0.4, 0.5) is 0 Å². The van der Waals surface area contributed by atoms with Crippen LogP contribution < -0.4 is 9.46 Å². The summed E-state index contributed by atoms with van der Waals surface area (Å²) in [5.41, 5.74) is 0.326. The molecule has 7 nitrogen and oxygen atoms in total. The van der Waals surface area contributed by atoms with E-state index in [2.05, 4.69) is 4.72 Å². The van der Waals surface area contributed by atoms with Crippen LogP contribution in [0.25, 0.3) is 0 Å². The number of hydrogen-bond acceptors (Lipinski definition) is 6. The van der Waals surface area contributed by atoms with Crippen LogP contribution in [-0.2, 0) is 21.3 Å². The molecule has 9 heteroatoms. The van der Waals surface area contributed by atoms with Gasteiger partial charge in [0.2, 0.25) is 10.0 Å². The molecule has 1 saturated carbocycles. The van der Waals surface area contributed by atoms with Crippen molar-refractivity contribution in [3.05, 3.63) is 46.2 Å². The van der Waals surface area contributed by atoms with Gasteiger partial charge in [-0.3, -0.25) is 4.79 Å². The molecule has 1 aliphatic heterocycles. The molecule has 1 saturated heterocycles. The van der Waals surface area contributed by atoms with Gasteiger partial charge in [0.15, 0.2) is 0 Å². The number of benzene rings is 1. The van der Waals surface area contributed by atoms with Crippen LogP contribution in [0.2, 0.25) is 0 Å². The van der Waals surface area contributed by atoms with Crippen molar-refractivity contribution in [2.24, 2.45) is 0 Å². The molecule has 2 aromatic rings. The molecule has 1 amide bonds. The van der Waals surface area contributed by atoms with Crippen molar-refractivity contribution in [3.63, 3.8) is 0 Å². The lowest BCUT2D eigenvalue weighted by Crippen LogP contribution is -2.37. The number of carbonyl (C=O) groups excluding carboxylic acids is 1. The molecule has 1 aromatic heterocycles. The first kappa shape index (κ1) is 23.2. The van der Waals surface area contributed by atoms with Crippen LogP contribution in [0.1, 0.15) is 53.8 Å². The molecule has 1 aliphatic carbocycles. The normalized spacial score (nSPS) is 19.3. The van der Waals surface area contributed by atoms with Gasteiger partial charge in [0.1, 0.15) is 10.6 Å². The topological polar surface area (TPSA) is 84.9 Å². The zero-order valence-corrected chi connectivity index (χ0v) is 19.9. The summed E-state index contributed by atoms with van der Waals surface area (Å²) in [7, 11) is -2.37. The lowest BCUT2D eigenvalue weighted by molar-refractivity contribution is 0.0509. The van der Waals surface area contributed by atoms with Crippen molar-refractivity contribution >= 4 is 27.3 Å². The Bertz CT molecular complexity index is 1010. The molecule has 2 fully saturated rings. The van der Waals surface area contributed by atoms with Gasteiger partial charge >= 0.3 is 0 Å². The third-order valence-electron chi connectivity index (χ3n) is 6.04. The van der Waals surface area contributed by atoms with Crippen molar-refractivity contribution in [2.75, 3.05) is 20.3 Å². The van der Waals surface area contributed by atoms with Crippen LogP contribution in [0.3, 0.4) is 0 Å².